The van der Waals surface area contributed by atoms with Gasteiger partial charge in [0.1, 0.15) is 17.3 Å². The predicted octanol–water partition coefficient (Wildman–Crippen LogP) is 3.80. The Balaban J connectivity index is 1.54. The van der Waals surface area contributed by atoms with E-state index in [0.29, 0.717) is 0 Å². The van der Waals surface area contributed by atoms with Crippen molar-refractivity contribution in [3.8, 4) is 0 Å². The minimum Gasteiger partial charge on any atom is -0.376 e. The van der Waals surface area contributed by atoms with Gasteiger partial charge < -0.3 is 9.88 Å². The van der Waals surface area contributed by atoms with Crippen molar-refractivity contribution in [2.75, 3.05) is 31.5 Å². The Bertz CT molecular complexity index is 1480. The van der Waals surface area contributed by atoms with Crippen LogP contribution >= 0.6 is 11.6 Å². The van der Waals surface area contributed by atoms with Crippen LogP contribution in [-0.4, -0.2) is 67.4 Å². The van der Waals surface area contributed by atoms with Gasteiger partial charge >= 0.3 is 6.18 Å². The van der Waals surface area contributed by atoms with Crippen molar-refractivity contribution >= 4 is 37.3 Å². The zero-order valence-corrected chi connectivity index (χ0v) is 22.4. The molecule has 0 amide bonds. The second kappa shape index (κ2) is 11.2. The van der Waals surface area contributed by atoms with Crippen molar-refractivity contribution < 1.29 is 30.0 Å². The third-order valence-electron chi connectivity index (χ3n) is 5.96. The van der Waals surface area contributed by atoms with E-state index in [0.717, 1.165) is 4.57 Å². The van der Waals surface area contributed by atoms with Crippen LogP contribution in [0.4, 0.5) is 18.9 Å². The summed E-state index contributed by atoms with van der Waals surface area (Å²) in [6.45, 7) is -1.37. The van der Waals surface area contributed by atoms with Gasteiger partial charge in [-0.15, -0.1) is 0 Å². The number of imidazole rings is 1. The maximum Gasteiger partial charge on any atom is 0.406 e. The number of nitrogens with one attached hydrogen (secondary N) is 1. The van der Waals surface area contributed by atoms with Gasteiger partial charge in [-0.25, -0.2) is 21.8 Å². The zero-order chi connectivity index (χ0) is 27.6. The summed E-state index contributed by atoms with van der Waals surface area (Å²) in [4.78, 5) is 3.89. The predicted molar refractivity (Wildman–Crippen MR) is 136 cm³/mol. The van der Waals surface area contributed by atoms with Gasteiger partial charge in [-0.2, -0.15) is 21.8 Å². The number of hydrogen-bond donors (Lipinski definition) is 1. The minimum absolute atomic E-state index is 0.0220. The van der Waals surface area contributed by atoms with E-state index < -0.39 is 32.8 Å². The number of benzene rings is 2. The molecule has 0 unspecified atom stereocenters. The van der Waals surface area contributed by atoms with Crippen molar-refractivity contribution in [2.45, 2.75) is 35.5 Å². The number of sulfonamides is 2. The van der Waals surface area contributed by atoms with E-state index in [1.165, 1.54) is 51.3 Å². The number of halogens is 4. The van der Waals surface area contributed by atoms with Gasteiger partial charge in [0.05, 0.1) is 22.2 Å². The summed E-state index contributed by atoms with van der Waals surface area (Å²) in [6.07, 6.45) is -1.78. The summed E-state index contributed by atoms with van der Waals surface area (Å²) in [7, 11) is -7.94. The first kappa shape index (κ1) is 28.4. The fourth-order valence-corrected chi connectivity index (χ4v) is 7.58. The van der Waals surface area contributed by atoms with E-state index in [1.54, 1.807) is 18.2 Å². The Hall–Kier alpha value is -2.65. The lowest BCUT2D eigenvalue weighted by atomic mass is 10.3. The number of rotatable bonds is 8. The highest BCUT2D eigenvalue weighted by Gasteiger charge is 2.33. The van der Waals surface area contributed by atoms with E-state index in [4.69, 9.17) is 11.6 Å². The van der Waals surface area contributed by atoms with Crippen LogP contribution in [0, 0.1) is 0 Å². The molecular formula is C23H25ClF3N5O4S2. The van der Waals surface area contributed by atoms with Gasteiger partial charge in [-0.1, -0.05) is 35.9 Å². The molecule has 206 valence electrons. The molecule has 1 N–H and O–H groups in total. The fourth-order valence-electron chi connectivity index (χ4n) is 4.13. The molecule has 1 aliphatic heterocycles. The smallest absolute Gasteiger partial charge is 0.376 e. The Morgan fingerprint density at radius 3 is 2.21 bits per heavy atom. The molecule has 15 heteroatoms. The van der Waals surface area contributed by atoms with E-state index >= 15 is 0 Å². The molecule has 3 aromatic rings. The van der Waals surface area contributed by atoms with Crippen LogP contribution in [-0.2, 0) is 33.1 Å². The fraction of sp³-hybridized carbons (Fsp3) is 0.348. The molecule has 0 radical (unpaired) electrons. The molecule has 2 aromatic carbocycles. The highest BCUT2D eigenvalue weighted by Crippen LogP contribution is 2.33. The van der Waals surface area contributed by atoms with Crippen LogP contribution in [0.2, 0.25) is 5.02 Å². The normalized spacial score (nSPS) is 16.3. The summed E-state index contributed by atoms with van der Waals surface area (Å²) in [5.74, 6) is 0.0436. The first-order valence-corrected chi connectivity index (χ1v) is 14.8. The van der Waals surface area contributed by atoms with Crippen molar-refractivity contribution in [3.05, 3.63) is 71.8 Å². The average molecular weight is 592 g/mol. The molecule has 1 aliphatic rings. The monoisotopic (exact) mass is 591 g/mol. The van der Waals surface area contributed by atoms with E-state index in [1.807, 2.05) is 0 Å². The van der Waals surface area contributed by atoms with Crippen LogP contribution in [0.25, 0.3) is 0 Å². The van der Waals surface area contributed by atoms with E-state index in [9.17, 15) is 30.0 Å². The van der Waals surface area contributed by atoms with Gasteiger partial charge in [-0.05, 0) is 30.7 Å². The van der Waals surface area contributed by atoms with Gasteiger partial charge in [-0.3, -0.25) is 0 Å². The number of nitrogens with zero attached hydrogens (tertiary/aromatic N) is 4. The molecule has 1 saturated heterocycles. The maximum absolute atomic E-state index is 13.6. The quantitative estimate of drug-likeness (QED) is 0.427. The molecule has 2 heterocycles. The first-order chi connectivity index (χ1) is 17.9. The number of para-hydroxylation sites is 1. The van der Waals surface area contributed by atoms with Crippen LogP contribution < -0.4 is 5.32 Å². The van der Waals surface area contributed by atoms with Gasteiger partial charge in [0, 0.05) is 38.6 Å². The summed E-state index contributed by atoms with van der Waals surface area (Å²) in [5.41, 5.74) is 0.0220. The summed E-state index contributed by atoms with van der Waals surface area (Å²) >= 11 is 6.30. The van der Waals surface area contributed by atoms with Gasteiger partial charge in [0.15, 0.2) is 0 Å². The molecule has 9 nitrogen and oxygen atoms in total. The maximum atomic E-state index is 13.6. The molecule has 0 spiro atoms. The van der Waals surface area contributed by atoms with Crippen molar-refractivity contribution in [1.82, 2.24) is 18.2 Å². The highest BCUT2D eigenvalue weighted by molar-refractivity contribution is 7.89. The summed E-state index contributed by atoms with van der Waals surface area (Å²) in [5, 5.41) is 2.89. The number of alkyl halides is 3. The average Bonchev–Trinajstić information content (AvgIpc) is 3.12. The molecule has 4 rings (SSSR count). The summed E-state index contributed by atoms with van der Waals surface area (Å²) in [6, 6.07) is 12.2. The van der Waals surface area contributed by atoms with Crippen LogP contribution in [0.3, 0.4) is 0 Å². The lowest BCUT2D eigenvalue weighted by Crippen LogP contribution is -2.37. The molecule has 0 atom stereocenters. The number of anilines is 1. The lowest BCUT2D eigenvalue weighted by molar-refractivity contribution is -0.141. The lowest BCUT2D eigenvalue weighted by Gasteiger charge is -2.23. The Kier molecular flexibility index (Phi) is 8.37. The summed E-state index contributed by atoms with van der Waals surface area (Å²) < 4.78 is 95.3. The van der Waals surface area contributed by atoms with Crippen LogP contribution in [0.15, 0.2) is 70.7 Å². The Morgan fingerprint density at radius 1 is 0.895 bits per heavy atom. The van der Waals surface area contributed by atoms with Crippen molar-refractivity contribution in [1.29, 1.82) is 0 Å². The van der Waals surface area contributed by atoms with Gasteiger partial charge in [0.2, 0.25) is 20.0 Å². The molecule has 1 fully saturated rings. The SMILES string of the molecule is O=S(=O)(c1ccccc1)N1CCCN(S(=O)(=O)c2cccc(Cl)c2NCc2nccn2CC(F)(F)F)CC1. The standard InChI is InChI=1S/C23H25ClF3N5O4S2/c24-19-8-4-9-20(22(19)29-16-21-28-10-13-30(21)17-23(25,26)27)38(35,36)32-12-5-11-31(14-15-32)37(33,34)18-6-2-1-3-7-18/h1-4,6-10,13,29H,5,11-12,14-17H2. The van der Waals surface area contributed by atoms with E-state index in [-0.39, 0.29) is 65.5 Å². The Labute approximate surface area is 223 Å². The van der Waals surface area contributed by atoms with E-state index in [2.05, 4.69) is 10.3 Å². The zero-order valence-electron chi connectivity index (χ0n) is 20.0. The molecular weight excluding hydrogens is 567 g/mol. The second-order valence-corrected chi connectivity index (χ2v) is 12.8. The number of aromatic nitrogens is 2. The number of hydrogen-bond acceptors (Lipinski definition) is 6. The highest BCUT2D eigenvalue weighted by atomic mass is 35.5. The molecule has 0 aliphatic carbocycles. The van der Waals surface area contributed by atoms with Crippen LogP contribution in [0.1, 0.15) is 12.2 Å². The first-order valence-electron chi connectivity index (χ1n) is 11.5. The molecule has 0 bridgehead atoms. The third-order valence-corrected chi connectivity index (χ3v) is 10.1. The Morgan fingerprint density at radius 2 is 1.55 bits per heavy atom. The van der Waals surface area contributed by atoms with Gasteiger partial charge in [0.25, 0.3) is 0 Å². The second-order valence-electron chi connectivity index (χ2n) is 8.53. The van der Waals surface area contributed by atoms with Crippen LogP contribution in [0.5, 0.6) is 0 Å². The molecule has 0 saturated carbocycles. The topological polar surface area (TPSA) is 105 Å². The molecule has 1 aromatic heterocycles. The molecule has 38 heavy (non-hydrogen) atoms. The van der Waals surface area contributed by atoms with Crippen molar-refractivity contribution in [2.24, 2.45) is 0 Å². The minimum atomic E-state index is -4.46. The van der Waals surface area contributed by atoms with Crippen molar-refractivity contribution in [3.63, 3.8) is 0 Å². The third kappa shape index (κ3) is 6.31. The largest absolute Gasteiger partial charge is 0.406 e.